The molecule has 2 aromatic carbocycles. The summed E-state index contributed by atoms with van der Waals surface area (Å²) in [6, 6.07) is 17.5. The molecule has 2 N–H and O–H groups in total. The highest BCUT2D eigenvalue weighted by Crippen LogP contribution is 2.37. The minimum atomic E-state index is -0.412. The summed E-state index contributed by atoms with van der Waals surface area (Å²) in [7, 11) is 1.42. The van der Waals surface area contributed by atoms with Gasteiger partial charge in [-0.1, -0.05) is 36.4 Å². The van der Waals surface area contributed by atoms with E-state index in [2.05, 4.69) is 22.4 Å². The van der Waals surface area contributed by atoms with Gasteiger partial charge in [-0.05, 0) is 23.8 Å². The molecule has 5 nitrogen and oxygen atoms in total. The van der Waals surface area contributed by atoms with Crippen LogP contribution >= 0.6 is 0 Å². The maximum absolute atomic E-state index is 12.3. The zero-order valence-corrected chi connectivity index (χ0v) is 14.3. The van der Waals surface area contributed by atoms with Crippen molar-refractivity contribution in [1.29, 1.82) is 0 Å². The van der Waals surface area contributed by atoms with Crippen LogP contribution in [-0.4, -0.2) is 24.1 Å². The van der Waals surface area contributed by atoms with E-state index in [4.69, 9.17) is 9.15 Å². The number of para-hydroxylation sites is 2. The van der Waals surface area contributed by atoms with Crippen LogP contribution in [0, 0.1) is 0 Å². The van der Waals surface area contributed by atoms with Gasteiger partial charge < -0.3 is 14.1 Å². The highest BCUT2D eigenvalue weighted by atomic mass is 16.5. The van der Waals surface area contributed by atoms with E-state index in [0.29, 0.717) is 6.42 Å². The maximum atomic E-state index is 12.3. The topological polar surface area (TPSA) is 67.3 Å². The third-order valence-corrected chi connectivity index (χ3v) is 5.13. The number of carbonyl (C=O) groups excluding carboxylic acids is 1. The Morgan fingerprint density at radius 1 is 1.15 bits per heavy atom. The van der Waals surface area contributed by atoms with E-state index < -0.39 is 6.04 Å². The second-order valence-electron chi connectivity index (χ2n) is 6.63. The lowest BCUT2D eigenvalue weighted by Gasteiger charge is -2.28. The second-order valence-corrected chi connectivity index (χ2v) is 6.63. The van der Waals surface area contributed by atoms with Crippen molar-refractivity contribution in [3.8, 4) is 0 Å². The highest BCUT2D eigenvalue weighted by Gasteiger charge is 2.36. The molecule has 4 aromatic rings. The molecule has 26 heavy (non-hydrogen) atoms. The fourth-order valence-corrected chi connectivity index (χ4v) is 3.90. The molecule has 0 fully saturated rings. The molecule has 0 spiro atoms. The molecule has 0 saturated carbocycles. The number of rotatable bonds is 2. The molecule has 0 unspecified atom stereocenters. The number of methoxy groups -OCH3 is 1. The molecular weight excluding hydrogens is 328 g/mol. The molecule has 0 aliphatic carbocycles. The Balaban J connectivity index is 1.69. The van der Waals surface area contributed by atoms with E-state index in [0.717, 1.165) is 38.9 Å². The smallest absolute Gasteiger partial charge is 0.323 e. The van der Waals surface area contributed by atoms with E-state index in [1.807, 2.05) is 42.5 Å². The van der Waals surface area contributed by atoms with Crippen LogP contribution in [0.4, 0.5) is 0 Å². The van der Waals surface area contributed by atoms with Crippen molar-refractivity contribution in [3.63, 3.8) is 0 Å². The number of nitrogens with one attached hydrogen (secondary N) is 2. The molecule has 0 bridgehead atoms. The van der Waals surface area contributed by atoms with Crippen LogP contribution < -0.4 is 5.32 Å². The minimum Gasteiger partial charge on any atom is -0.468 e. The summed E-state index contributed by atoms with van der Waals surface area (Å²) in [6.07, 6.45) is 0.586. The Morgan fingerprint density at radius 2 is 1.96 bits per heavy atom. The number of carbonyl (C=O) groups is 1. The average Bonchev–Trinajstić information content (AvgIpc) is 3.27. The zero-order chi connectivity index (χ0) is 17.7. The lowest BCUT2D eigenvalue weighted by molar-refractivity contribution is -0.143. The quantitative estimate of drug-likeness (QED) is 0.543. The standard InChI is InChI=1S/C21H18N2O3/c1-25-21(24)16-11-14-13-7-3-4-8-15(13)22-19(14)20(23-16)18-10-12-6-2-5-9-17(12)26-18/h2-10,16,20,22-23H,11H2,1H3/t16-,20-/m1/s1. The normalized spacial score (nSPS) is 19.6. The van der Waals surface area contributed by atoms with E-state index >= 15 is 0 Å². The van der Waals surface area contributed by atoms with E-state index in [1.165, 1.54) is 7.11 Å². The molecule has 130 valence electrons. The Hall–Kier alpha value is -3.05. The summed E-state index contributed by atoms with van der Waals surface area (Å²) in [5.74, 6) is 0.523. The lowest BCUT2D eigenvalue weighted by atomic mass is 9.92. The van der Waals surface area contributed by atoms with Crippen LogP contribution in [-0.2, 0) is 16.0 Å². The van der Waals surface area contributed by atoms with Gasteiger partial charge in [-0.25, -0.2) is 0 Å². The van der Waals surface area contributed by atoms with Crippen LogP contribution in [0.25, 0.3) is 21.9 Å². The Bertz CT molecular complexity index is 1090. The first-order chi connectivity index (χ1) is 12.7. The highest BCUT2D eigenvalue weighted by molar-refractivity contribution is 5.87. The van der Waals surface area contributed by atoms with Gasteiger partial charge in [-0.15, -0.1) is 0 Å². The minimum absolute atomic E-state index is 0.234. The molecular formula is C21H18N2O3. The summed E-state index contributed by atoms with van der Waals surface area (Å²) in [5.41, 5.74) is 4.08. The molecule has 1 aliphatic heterocycles. The van der Waals surface area contributed by atoms with Crippen LogP contribution in [0.15, 0.2) is 59.0 Å². The van der Waals surface area contributed by atoms with Gasteiger partial charge in [0.25, 0.3) is 0 Å². The third kappa shape index (κ3) is 2.24. The number of hydrogen-bond acceptors (Lipinski definition) is 4. The summed E-state index contributed by atoms with van der Waals surface area (Å²) < 4.78 is 11.1. The van der Waals surface area contributed by atoms with E-state index in [-0.39, 0.29) is 12.0 Å². The second kappa shape index (κ2) is 5.75. The summed E-state index contributed by atoms with van der Waals surface area (Å²) in [5, 5.41) is 5.58. The van der Waals surface area contributed by atoms with Gasteiger partial charge in [-0.3, -0.25) is 10.1 Å². The van der Waals surface area contributed by atoms with Crippen molar-refractivity contribution in [2.24, 2.45) is 0 Å². The first-order valence-corrected chi connectivity index (χ1v) is 8.66. The molecule has 1 aliphatic rings. The molecule has 0 saturated heterocycles. The van der Waals surface area contributed by atoms with Gasteiger partial charge in [0.15, 0.2) is 0 Å². The molecule has 2 aromatic heterocycles. The molecule has 0 amide bonds. The number of benzene rings is 2. The number of hydrogen-bond donors (Lipinski definition) is 2. The van der Waals surface area contributed by atoms with Crippen LogP contribution in [0.3, 0.4) is 0 Å². The van der Waals surface area contributed by atoms with Crippen molar-refractivity contribution in [2.45, 2.75) is 18.5 Å². The fraction of sp³-hybridized carbons (Fsp3) is 0.190. The van der Waals surface area contributed by atoms with Gasteiger partial charge in [0, 0.05) is 28.4 Å². The SMILES string of the molecule is COC(=O)[C@H]1Cc2c([nH]c3ccccc23)[C@@H](c2cc3ccccc3o2)N1. The predicted octanol–water partition coefficient (Wildman–Crippen LogP) is 3.69. The first-order valence-electron chi connectivity index (χ1n) is 8.66. The number of ether oxygens (including phenoxy) is 1. The summed E-state index contributed by atoms with van der Waals surface area (Å²) in [6.45, 7) is 0. The van der Waals surface area contributed by atoms with Crippen molar-refractivity contribution in [3.05, 3.63) is 71.6 Å². The monoisotopic (exact) mass is 346 g/mol. The van der Waals surface area contributed by atoms with Crippen molar-refractivity contribution in [2.75, 3.05) is 7.11 Å². The maximum Gasteiger partial charge on any atom is 0.323 e. The number of aromatic amines is 1. The molecule has 2 atom stereocenters. The zero-order valence-electron chi connectivity index (χ0n) is 14.3. The number of fused-ring (bicyclic) bond motifs is 4. The molecule has 0 radical (unpaired) electrons. The van der Waals surface area contributed by atoms with Crippen LogP contribution in [0.2, 0.25) is 0 Å². The lowest BCUT2D eigenvalue weighted by Crippen LogP contribution is -2.45. The van der Waals surface area contributed by atoms with Gasteiger partial charge in [0.2, 0.25) is 0 Å². The molecule has 5 rings (SSSR count). The average molecular weight is 346 g/mol. The Labute approximate surface area is 149 Å². The number of H-pyrrole nitrogens is 1. The van der Waals surface area contributed by atoms with Crippen molar-refractivity contribution in [1.82, 2.24) is 10.3 Å². The van der Waals surface area contributed by atoms with Crippen LogP contribution in [0.1, 0.15) is 23.1 Å². The number of esters is 1. The van der Waals surface area contributed by atoms with E-state index in [1.54, 1.807) is 0 Å². The largest absolute Gasteiger partial charge is 0.468 e. The van der Waals surface area contributed by atoms with Gasteiger partial charge >= 0.3 is 5.97 Å². The summed E-state index contributed by atoms with van der Waals surface area (Å²) in [4.78, 5) is 15.8. The summed E-state index contributed by atoms with van der Waals surface area (Å²) >= 11 is 0. The van der Waals surface area contributed by atoms with Gasteiger partial charge in [-0.2, -0.15) is 0 Å². The molecule has 3 heterocycles. The van der Waals surface area contributed by atoms with Gasteiger partial charge in [0.1, 0.15) is 23.4 Å². The number of furan rings is 1. The predicted molar refractivity (Wildman–Crippen MR) is 99.0 cm³/mol. The van der Waals surface area contributed by atoms with Crippen molar-refractivity contribution < 1.29 is 13.9 Å². The first kappa shape index (κ1) is 15.2. The fourth-order valence-electron chi connectivity index (χ4n) is 3.90. The van der Waals surface area contributed by atoms with Crippen molar-refractivity contribution >= 4 is 27.8 Å². The number of aromatic nitrogens is 1. The van der Waals surface area contributed by atoms with Gasteiger partial charge in [0.05, 0.1) is 7.11 Å². The third-order valence-electron chi connectivity index (χ3n) is 5.13. The molecule has 5 heteroatoms. The van der Waals surface area contributed by atoms with Crippen LogP contribution in [0.5, 0.6) is 0 Å². The Morgan fingerprint density at radius 3 is 2.81 bits per heavy atom. The van der Waals surface area contributed by atoms with E-state index in [9.17, 15) is 4.79 Å². The Kier molecular flexibility index (Phi) is 3.36.